The van der Waals surface area contributed by atoms with Gasteiger partial charge in [-0.15, -0.1) is 11.8 Å². The number of carbonyl (C=O) groups is 1. The monoisotopic (exact) mass is 420 g/mol. The Hall–Kier alpha value is -0.420. The minimum absolute atomic E-state index is 0.219. The van der Waals surface area contributed by atoms with Crippen LogP contribution in [0.25, 0.3) is 0 Å². The van der Waals surface area contributed by atoms with E-state index in [9.17, 15) is 25.2 Å². The second-order valence-corrected chi connectivity index (χ2v) is 9.39. The molecule has 0 bridgehead atoms. The van der Waals surface area contributed by atoms with Gasteiger partial charge in [-0.2, -0.15) is 0 Å². The van der Waals surface area contributed by atoms with Crippen LogP contribution in [0.3, 0.4) is 0 Å². The summed E-state index contributed by atoms with van der Waals surface area (Å²) < 4.78 is 5.81. The quantitative estimate of drug-likeness (QED) is 0.357. The average Bonchev–Trinajstić information content (AvgIpc) is 3.01. The van der Waals surface area contributed by atoms with Gasteiger partial charge in [0.2, 0.25) is 5.91 Å². The highest BCUT2D eigenvalue weighted by molar-refractivity contribution is 7.99. The van der Waals surface area contributed by atoms with Gasteiger partial charge in [0.25, 0.3) is 0 Å². The Balaban J connectivity index is 2.10. The van der Waals surface area contributed by atoms with Gasteiger partial charge in [-0.1, -0.05) is 20.3 Å². The molecule has 0 aliphatic carbocycles. The van der Waals surface area contributed by atoms with Crippen LogP contribution in [0.5, 0.6) is 0 Å². The fourth-order valence-corrected chi connectivity index (χ4v) is 5.13. The third-order valence-corrected chi connectivity index (χ3v) is 6.81. The second-order valence-electron chi connectivity index (χ2n) is 8.02. The summed E-state index contributed by atoms with van der Waals surface area (Å²) in [5.41, 5.74) is -0.741. The molecule has 2 rings (SSSR count). The zero-order valence-corrected chi connectivity index (χ0v) is 18.0. The summed E-state index contributed by atoms with van der Waals surface area (Å²) in [6.45, 7) is 6.39. The molecule has 9 atom stereocenters. The Morgan fingerprint density at radius 1 is 1.25 bits per heavy atom. The van der Waals surface area contributed by atoms with Crippen LogP contribution in [-0.4, -0.2) is 98.6 Å². The molecule has 2 heterocycles. The molecule has 1 amide bonds. The number of likely N-dealkylation sites (N-methyl/N-ethyl adjacent to an activating group) is 1. The van der Waals surface area contributed by atoms with E-state index in [0.717, 1.165) is 25.8 Å². The number of likely N-dealkylation sites (tertiary alicyclic amines) is 1. The van der Waals surface area contributed by atoms with Gasteiger partial charge < -0.3 is 30.5 Å². The molecule has 0 aromatic heterocycles. The summed E-state index contributed by atoms with van der Waals surface area (Å²) in [4.78, 5) is 14.9. The maximum absolute atomic E-state index is 12.9. The van der Waals surface area contributed by atoms with Gasteiger partial charge in [0.05, 0.1) is 18.2 Å². The number of aliphatic hydroxyl groups is 4. The Kier molecular flexibility index (Phi) is 9.00. The summed E-state index contributed by atoms with van der Waals surface area (Å²) in [5, 5.41) is 43.9. The number of amides is 1. The normalized spacial score (nSPS) is 38.9. The third kappa shape index (κ3) is 5.38. The van der Waals surface area contributed by atoms with E-state index in [1.54, 1.807) is 0 Å². The summed E-state index contributed by atoms with van der Waals surface area (Å²) in [7, 11) is 1.91. The van der Waals surface area contributed by atoms with Crippen molar-refractivity contribution < 1.29 is 30.0 Å². The fraction of sp³-hybridized carbons (Fsp3) is 0.947. The molecule has 28 heavy (non-hydrogen) atoms. The van der Waals surface area contributed by atoms with Gasteiger partial charge in [0, 0.05) is 6.54 Å². The average molecular weight is 421 g/mol. The van der Waals surface area contributed by atoms with E-state index in [1.165, 1.54) is 18.7 Å². The SMILES string of the molecule is CCC[C@@H]1C[C@@H](C(=O)N[C@@H]([C@H]2O[C@H](SCC)[C@H](O)[C@@H](O)[C@H]2O)[C@H](C)O)N(C)C1. The van der Waals surface area contributed by atoms with Crippen molar-refractivity contribution >= 4 is 17.7 Å². The first kappa shape index (κ1) is 23.9. The van der Waals surface area contributed by atoms with E-state index in [-0.39, 0.29) is 11.9 Å². The van der Waals surface area contributed by atoms with Crippen molar-refractivity contribution in [2.45, 2.75) is 88.1 Å². The van der Waals surface area contributed by atoms with Crippen LogP contribution in [0.2, 0.25) is 0 Å². The summed E-state index contributed by atoms with van der Waals surface area (Å²) in [6, 6.07) is -1.20. The summed E-state index contributed by atoms with van der Waals surface area (Å²) in [6.07, 6.45) is -3.20. The number of nitrogens with one attached hydrogen (secondary N) is 1. The molecule has 2 fully saturated rings. The Bertz CT molecular complexity index is 511. The lowest BCUT2D eigenvalue weighted by Gasteiger charge is -2.44. The first-order valence-corrected chi connectivity index (χ1v) is 11.3. The van der Waals surface area contributed by atoms with Gasteiger partial charge in [-0.25, -0.2) is 0 Å². The fourth-order valence-electron chi connectivity index (χ4n) is 4.24. The second kappa shape index (κ2) is 10.6. The van der Waals surface area contributed by atoms with Crippen LogP contribution in [0.15, 0.2) is 0 Å². The highest BCUT2D eigenvalue weighted by Crippen LogP contribution is 2.31. The lowest BCUT2D eigenvalue weighted by molar-refractivity contribution is -0.211. The number of aliphatic hydroxyl groups excluding tert-OH is 4. The van der Waals surface area contributed by atoms with Crippen LogP contribution in [0.1, 0.15) is 40.0 Å². The largest absolute Gasteiger partial charge is 0.391 e. The minimum atomic E-state index is -1.42. The molecule has 2 saturated heterocycles. The summed E-state index contributed by atoms with van der Waals surface area (Å²) >= 11 is 1.30. The zero-order valence-electron chi connectivity index (χ0n) is 17.2. The lowest BCUT2D eigenvalue weighted by atomic mass is 9.92. The zero-order chi connectivity index (χ0) is 21.0. The minimum Gasteiger partial charge on any atom is -0.391 e. The first-order valence-electron chi connectivity index (χ1n) is 10.2. The lowest BCUT2D eigenvalue weighted by Crippen LogP contribution is -2.65. The number of nitrogens with zero attached hydrogens (tertiary/aromatic N) is 1. The maximum Gasteiger partial charge on any atom is 0.237 e. The van der Waals surface area contributed by atoms with Gasteiger partial charge in [0.15, 0.2) is 0 Å². The van der Waals surface area contributed by atoms with Crippen molar-refractivity contribution in [3.63, 3.8) is 0 Å². The maximum atomic E-state index is 12.9. The van der Waals surface area contributed by atoms with Crippen molar-refractivity contribution in [2.24, 2.45) is 5.92 Å². The van der Waals surface area contributed by atoms with Crippen LogP contribution >= 0.6 is 11.8 Å². The molecule has 0 spiro atoms. The highest BCUT2D eigenvalue weighted by Gasteiger charge is 2.48. The van der Waals surface area contributed by atoms with Crippen molar-refractivity contribution in [3.8, 4) is 0 Å². The molecule has 2 aliphatic heterocycles. The Labute approximate surface area is 171 Å². The number of thioether (sulfide) groups is 1. The highest BCUT2D eigenvalue weighted by atomic mass is 32.2. The van der Waals surface area contributed by atoms with E-state index in [1.807, 2.05) is 18.9 Å². The molecule has 9 heteroatoms. The molecule has 8 nitrogen and oxygen atoms in total. The molecule has 0 unspecified atom stereocenters. The van der Waals surface area contributed by atoms with E-state index in [0.29, 0.717) is 11.7 Å². The summed E-state index contributed by atoms with van der Waals surface area (Å²) in [5.74, 6) is 0.895. The van der Waals surface area contributed by atoms with E-state index in [2.05, 4.69) is 12.2 Å². The predicted octanol–water partition coefficient (Wildman–Crippen LogP) is -0.467. The van der Waals surface area contributed by atoms with Crippen molar-refractivity contribution in [1.82, 2.24) is 10.2 Å². The number of rotatable bonds is 8. The standard InChI is InChI=1S/C19H36N2O6S/c1-5-7-11-8-12(21(4)9-11)18(26)20-13(10(3)22)17-15(24)14(23)16(25)19(27-17)28-6-2/h10-17,19,22-25H,5-9H2,1-4H3,(H,20,26)/t10-,11+,12-,13+,14-,15+,16+,17+,19+/m0/s1. The molecule has 0 radical (unpaired) electrons. The van der Waals surface area contributed by atoms with Gasteiger partial charge in [-0.05, 0) is 38.5 Å². The molecule has 5 N–H and O–H groups in total. The molecule has 2 aliphatic rings. The number of carbonyl (C=O) groups excluding carboxylic acids is 1. The predicted molar refractivity (Wildman–Crippen MR) is 108 cm³/mol. The molecule has 0 aromatic carbocycles. The van der Waals surface area contributed by atoms with E-state index in [4.69, 9.17) is 4.74 Å². The van der Waals surface area contributed by atoms with Gasteiger partial charge in [0.1, 0.15) is 29.9 Å². The van der Waals surface area contributed by atoms with Crippen LogP contribution in [0, 0.1) is 5.92 Å². The van der Waals surface area contributed by atoms with Crippen molar-refractivity contribution in [1.29, 1.82) is 0 Å². The Morgan fingerprint density at radius 3 is 2.50 bits per heavy atom. The van der Waals surface area contributed by atoms with Crippen LogP contribution in [0.4, 0.5) is 0 Å². The smallest absolute Gasteiger partial charge is 0.237 e. The molecular weight excluding hydrogens is 384 g/mol. The molecule has 0 saturated carbocycles. The first-order chi connectivity index (χ1) is 13.2. The topological polar surface area (TPSA) is 122 Å². The molecular formula is C19H36N2O6S. The molecule has 0 aromatic rings. The number of hydrogen-bond acceptors (Lipinski definition) is 8. The van der Waals surface area contributed by atoms with Gasteiger partial charge >= 0.3 is 0 Å². The van der Waals surface area contributed by atoms with Crippen LogP contribution in [-0.2, 0) is 9.53 Å². The van der Waals surface area contributed by atoms with Crippen LogP contribution < -0.4 is 5.32 Å². The van der Waals surface area contributed by atoms with E-state index >= 15 is 0 Å². The van der Waals surface area contributed by atoms with Crippen molar-refractivity contribution in [3.05, 3.63) is 0 Å². The molecule has 164 valence electrons. The number of hydrogen-bond donors (Lipinski definition) is 5. The Morgan fingerprint density at radius 2 is 1.93 bits per heavy atom. The van der Waals surface area contributed by atoms with E-state index < -0.39 is 42.0 Å². The number of ether oxygens (including phenoxy) is 1. The van der Waals surface area contributed by atoms with Gasteiger partial charge in [-0.3, -0.25) is 9.69 Å². The van der Waals surface area contributed by atoms with Crippen molar-refractivity contribution in [2.75, 3.05) is 19.3 Å². The third-order valence-electron chi connectivity index (χ3n) is 5.75.